The van der Waals surface area contributed by atoms with Crippen LogP contribution in [0.1, 0.15) is 12.0 Å². The van der Waals surface area contributed by atoms with Crippen LogP contribution in [-0.4, -0.2) is 43.2 Å². The molecule has 0 amide bonds. The van der Waals surface area contributed by atoms with Crippen molar-refractivity contribution in [2.75, 3.05) is 38.1 Å². The van der Waals surface area contributed by atoms with Crippen LogP contribution in [0.25, 0.3) is 0 Å². The number of hydrogen-bond acceptors (Lipinski definition) is 3. The lowest BCUT2D eigenvalue weighted by Crippen LogP contribution is -2.28. The Kier molecular flexibility index (Phi) is 3.80. The lowest BCUT2D eigenvalue weighted by Gasteiger charge is -2.23. The smallest absolute Gasteiger partial charge is 0.0682 e. The van der Waals surface area contributed by atoms with Gasteiger partial charge < -0.3 is 14.9 Å². The molecule has 0 bridgehead atoms. The quantitative estimate of drug-likeness (QED) is 0.814. The first-order chi connectivity index (χ1) is 7.79. The fraction of sp³-hybridized carbons (Fsp3) is 0.538. The van der Waals surface area contributed by atoms with E-state index in [-0.39, 0.29) is 6.61 Å². The van der Waals surface area contributed by atoms with Crippen molar-refractivity contribution < 1.29 is 5.11 Å². The van der Waals surface area contributed by atoms with E-state index >= 15 is 0 Å². The van der Waals surface area contributed by atoms with Crippen LogP contribution in [-0.2, 0) is 6.61 Å². The maximum absolute atomic E-state index is 9.13. The van der Waals surface area contributed by atoms with E-state index < -0.39 is 0 Å². The number of nitrogens with zero attached hydrogens (tertiary/aromatic N) is 2. The molecule has 0 aliphatic carbocycles. The largest absolute Gasteiger partial charge is 0.392 e. The molecule has 88 valence electrons. The zero-order valence-electron chi connectivity index (χ0n) is 9.89. The Bertz CT molecular complexity index is 340. The number of aliphatic hydroxyl groups is 1. The average Bonchev–Trinajstić information content (AvgIpc) is 2.54. The van der Waals surface area contributed by atoms with Crippen LogP contribution < -0.4 is 4.90 Å². The molecule has 0 radical (unpaired) electrons. The Morgan fingerprint density at radius 3 is 2.88 bits per heavy atom. The van der Waals surface area contributed by atoms with Crippen LogP contribution in [0.15, 0.2) is 24.3 Å². The van der Waals surface area contributed by atoms with Gasteiger partial charge in [0.25, 0.3) is 0 Å². The summed E-state index contributed by atoms with van der Waals surface area (Å²) in [5, 5.41) is 9.13. The van der Waals surface area contributed by atoms with Crippen LogP contribution >= 0.6 is 0 Å². The van der Waals surface area contributed by atoms with Gasteiger partial charge in [-0.05, 0) is 37.7 Å². The molecule has 0 aromatic heterocycles. The van der Waals surface area contributed by atoms with Crippen molar-refractivity contribution in [3.63, 3.8) is 0 Å². The minimum Gasteiger partial charge on any atom is -0.392 e. The molecule has 3 nitrogen and oxygen atoms in total. The Labute approximate surface area is 97.3 Å². The summed E-state index contributed by atoms with van der Waals surface area (Å²) in [7, 11) is 2.17. The molecule has 1 aliphatic heterocycles. The number of benzene rings is 1. The molecule has 1 aromatic carbocycles. The number of hydrogen-bond donors (Lipinski definition) is 1. The summed E-state index contributed by atoms with van der Waals surface area (Å²) in [6.07, 6.45) is 1.21. The minimum absolute atomic E-state index is 0.127. The van der Waals surface area contributed by atoms with Crippen LogP contribution in [0, 0.1) is 0 Å². The normalized spacial score (nSPS) is 18.5. The van der Waals surface area contributed by atoms with Crippen LogP contribution in [0.2, 0.25) is 0 Å². The fourth-order valence-corrected chi connectivity index (χ4v) is 2.16. The molecule has 1 N–H and O–H groups in total. The third-order valence-corrected chi connectivity index (χ3v) is 3.18. The molecule has 0 spiro atoms. The van der Waals surface area contributed by atoms with Crippen molar-refractivity contribution >= 4 is 5.69 Å². The van der Waals surface area contributed by atoms with Gasteiger partial charge in [0.15, 0.2) is 0 Å². The zero-order valence-corrected chi connectivity index (χ0v) is 9.89. The molecular formula is C13H20N2O. The summed E-state index contributed by atoms with van der Waals surface area (Å²) in [5.41, 5.74) is 2.23. The topological polar surface area (TPSA) is 26.7 Å². The molecule has 1 fully saturated rings. The van der Waals surface area contributed by atoms with E-state index in [0.717, 1.165) is 25.2 Å². The molecular weight excluding hydrogens is 200 g/mol. The van der Waals surface area contributed by atoms with Crippen molar-refractivity contribution in [3.8, 4) is 0 Å². The highest BCUT2D eigenvalue weighted by Crippen LogP contribution is 2.17. The fourth-order valence-electron chi connectivity index (χ4n) is 2.16. The maximum Gasteiger partial charge on any atom is 0.0682 e. The van der Waals surface area contributed by atoms with Crippen molar-refractivity contribution in [1.29, 1.82) is 0 Å². The first-order valence-electron chi connectivity index (χ1n) is 5.93. The number of anilines is 1. The van der Waals surface area contributed by atoms with Gasteiger partial charge in [0.05, 0.1) is 6.61 Å². The molecule has 3 heteroatoms. The van der Waals surface area contributed by atoms with Gasteiger partial charge in [0.2, 0.25) is 0 Å². The highest BCUT2D eigenvalue weighted by molar-refractivity contribution is 5.48. The molecule has 0 saturated carbocycles. The Morgan fingerprint density at radius 2 is 2.06 bits per heavy atom. The summed E-state index contributed by atoms with van der Waals surface area (Å²) in [6.45, 7) is 4.60. The van der Waals surface area contributed by atoms with Crippen molar-refractivity contribution in [1.82, 2.24) is 4.90 Å². The van der Waals surface area contributed by atoms with E-state index in [1.807, 2.05) is 12.1 Å². The lowest BCUT2D eigenvalue weighted by atomic mass is 10.2. The molecule has 0 unspecified atom stereocenters. The number of aliphatic hydroxyl groups excluding tert-OH is 1. The summed E-state index contributed by atoms with van der Waals surface area (Å²) in [5.74, 6) is 0. The second kappa shape index (κ2) is 5.32. The first kappa shape index (κ1) is 11.4. The molecule has 1 saturated heterocycles. The van der Waals surface area contributed by atoms with E-state index in [1.165, 1.54) is 18.7 Å². The van der Waals surface area contributed by atoms with Crippen LogP contribution in [0.3, 0.4) is 0 Å². The van der Waals surface area contributed by atoms with Crippen LogP contribution in [0.4, 0.5) is 5.69 Å². The van der Waals surface area contributed by atoms with Gasteiger partial charge in [-0.25, -0.2) is 0 Å². The maximum atomic E-state index is 9.13. The predicted molar refractivity (Wildman–Crippen MR) is 66.7 cm³/mol. The summed E-state index contributed by atoms with van der Waals surface area (Å²) in [6, 6.07) is 8.21. The molecule has 1 aliphatic rings. The second-order valence-corrected chi connectivity index (χ2v) is 4.47. The third kappa shape index (κ3) is 2.74. The van der Waals surface area contributed by atoms with Gasteiger partial charge in [-0.1, -0.05) is 12.1 Å². The molecule has 1 heterocycles. The Hall–Kier alpha value is -1.06. The average molecular weight is 220 g/mol. The van der Waals surface area contributed by atoms with Crippen molar-refractivity contribution in [3.05, 3.63) is 29.8 Å². The third-order valence-electron chi connectivity index (χ3n) is 3.18. The van der Waals surface area contributed by atoms with Gasteiger partial charge in [0, 0.05) is 25.3 Å². The van der Waals surface area contributed by atoms with E-state index in [1.54, 1.807) is 0 Å². The summed E-state index contributed by atoms with van der Waals surface area (Å²) < 4.78 is 0. The number of rotatable bonds is 2. The van der Waals surface area contributed by atoms with Gasteiger partial charge in [-0.15, -0.1) is 0 Å². The monoisotopic (exact) mass is 220 g/mol. The summed E-state index contributed by atoms with van der Waals surface area (Å²) in [4.78, 5) is 4.78. The molecule has 2 rings (SSSR count). The van der Waals surface area contributed by atoms with Gasteiger partial charge in [-0.3, -0.25) is 0 Å². The van der Waals surface area contributed by atoms with Crippen LogP contribution in [0.5, 0.6) is 0 Å². The molecule has 0 atom stereocenters. The van der Waals surface area contributed by atoms with Crippen molar-refractivity contribution in [2.24, 2.45) is 0 Å². The number of likely N-dealkylation sites (N-methyl/N-ethyl adjacent to an activating group) is 1. The minimum atomic E-state index is 0.127. The van der Waals surface area contributed by atoms with Crippen molar-refractivity contribution in [2.45, 2.75) is 13.0 Å². The zero-order chi connectivity index (χ0) is 11.4. The standard InChI is InChI=1S/C13H20N2O/c1-14-6-3-7-15(9-8-14)13-5-2-4-12(10-13)11-16/h2,4-5,10,16H,3,6-9,11H2,1H3. The first-order valence-corrected chi connectivity index (χ1v) is 5.93. The van der Waals surface area contributed by atoms with Gasteiger partial charge in [0.1, 0.15) is 0 Å². The van der Waals surface area contributed by atoms with Gasteiger partial charge >= 0.3 is 0 Å². The van der Waals surface area contributed by atoms with E-state index in [9.17, 15) is 0 Å². The highest BCUT2D eigenvalue weighted by Gasteiger charge is 2.12. The van der Waals surface area contributed by atoms with Gasteiger partial charge in [-0.2, -0.15) is 0 Å². The lowest BCUT2D eigenvalue weighted by molar-refractivity contribution is 0.282. The summed E-state index contributed by atoms with van der Waals surface area (Å²) >= 11 is 0. The highest BCUT2D eigenvalue weighted by atomic mass is 16.3. The van der Waals surface area contributed by atoms with E-state index in [4.69, 9.17) is 5.11 Å². The predicted octanol–water partition coefficient (Wildman–Crippen LogP) is 1.32. The van der Waals surface area contributed by atoms with E-state index in [0.29, 0.717) is 0 Å². The van der Waals surface area contributed by atoms with E-state index in [2.05, 4.69) is 29.0 Å². The Balaban J connectivity index is 2.10. The SMILES string of the molecule is CN1CCCN(c2cccc(CO)c2)CC1. The molecule has 16 heavy (non-hydrogen) atoms. The second-order valence-electron chi connectivity index (χ2n) is 4.47. The molecule has 1 aromatic rings. The Morgan fingerprint density at radius 1 is 1.19 bits per heavy atom.